The lowest BCUT2D eigenvalue weighted by Crippen LogP contribution is -2.24. The van der Waals surface area contributed by atoms with E-state index in [4.69, 9.17) is 9.26 Å². The van der Waals surface area contributed by atoms with Crippen molar-refractivity contribution >= 4 is 5.91 Å². The topological polar surface area (TPSA) is 68.5 Å². The molecule has 27 heavy (non-hydrogen) atoms. The standard InChI is InChI=1S/C20H18FN3O3/c1-26-17-5-3-2-4-14(17)11-24-12-15(10-18(24)25)20-22-19(23-27-20)13-6-8-16(21)9-7-13/h2-9,15H,10-12H2,1H3. The fourth-order valence-corrected chi connectivity index (χ4v) is 3.25. The highest BCUT2D eigenvalue weighted by Crippen LogP contribution is 2.31. The van der Waals surface area contributed by atoms with Crippen LogP contribution in [0.2, 0.25) is 0 Å². The van der Waals surface area contributed by atoms with E-state index < -0.39 is 0 Å². The number of hydrogen-bond acceptors (Lipinski definition) is 5. The molecule has 1 saturated heterocycles. The van der Waals surface area contributed by atoms with Crippen LogP contribution in [0.5, 0.6) is 5.75 Å². The minimum absolute atomic E-state index is 0.0347. The number of ether oxygens (including phenoxy) is 1. The number of amides is 1. The summed E-state index contributed by atoms with van der Waals surface area (Å²) in [4.78, 5) is 18.6. The number of carbonyl (C=O) groups excluding carboxylic acids is 1. The van der Waals surface area contributed by atoms with Crippen LogP contribution in [0.25, 0.3) is 11.4 Å². The van der Waals surface area contributed by atoms with Crippen LogP contribution in [0.1, 0.15) is 23.8 Å². The summed E-state index contributed by atoms with van der Waals surface area (Å²) in [5.74, 6) is 1.12. The van der Waals surface area contributed by atoms with Crippen molar-refractivity contribution < 1.29 is 18.4 Å². The zero-order chi connectivity index (χ0) is 18.8. The molecule has 0 bridgehead atoms. The van der Waals surface area contributed by atoms with E-state index in [1.54, 1.807) is 24.1 Å². The fraction of sp³-hybridized carbons (Fsp3) is 0.250. The molecule has 0 spiro atoms. The maximum atomic E-state index is 13.1. The lowest BCUT2D eigenvalue weighted by atomic mass is 10.1. The third-order valence-corrected chi connectivity index (χ3v) is 4.66. The lowest BCUT2D eigenvalue weighted by Gasteiger charge is -2.17. The second kappa shape index (κ2) is 7.19. The van der Waals surface area contributed by atoms with Crippen LogP contribution in [-0.2, 0) is 11.3 Å². The Labute approximate surface area is 155 Å². The molecule has 1 aliphatic heterocycles. The molecule has 2 aromatic carbocycles. The van der Waals surface area contributed by atoms with Crippen molar-refractivity contribution in [3.8, 4) is 17.1 Å². The number of para-hydroxylation sites is 1. The first kappa shape index (κ1) is 17.2. The summed E-state index contributed by atoms with van der Waals surface area (Å²) in [6, 6.07) is 13.5. The molecule has 7 heteroatoms. The molecule has 0 aliphatic carbocycles. The summed E-state index contributed by atoms with van der Waals surface area (Å²) in [5, 5.41) is 3.96. The number of likely N-dealkylation sites (tertiary alicyclic amines) is 1. The highest BCUT2D eigenvalue weighted by Gasteiger charge is 2.34. The van der Waals surface area contributed by atoms with Crippen molar-refractivity contribution in [1.29, 1.82) is 0 Å². The number of benzene rings is 2. The van der Waals surface area contributed by atoms with Crippen LogP contribution in [-0.4, -0.2) is 34.6 Å². The fourth-order valence-electron chi connectivity index (χ4n) is 3.25. The average Bonchev–Trinajstić information content (AvgIpc) is 3.30. The van der Waals surface area contributed by atoms with Gasteiger partial charge in [0, 0.05) is 30.6 Å². The number of nitrogens with zero attached hydrogens (tertiary/aromatic N) is 3. The smallest absolute Gasteiger partial charge is 0.232 e. The number of aromatic nitrogens is 2. The first-order valence-corrected chi connectivity index (χ1v) is 8.63. The minimum Gasteiger partial charge on any atom is -0.496 e. The first-order chi connectivity index (χ1) is 13.1. The molecule has 2 heterocycles. The molecule has 1 aliphatic rings. The Kier molecular flexibility index (Phi) is 4.58. The van der Waals surface area contributed by atoms with E-state index in [9.17, 15) is 9.18 Å². The van der Waals surface area contributed by atoms with E-state index in [-0.39, 0.29) is 17.6 Å². The number of methoxy groups -OCH3 is 1. The van der Waals surface area contributed by atoms with Crippen molar-refractivity contribution in [1.82, 2.24) is 15.0 Å². The van der Waals surface area contributed by atoms with E-state index in [0.717, 1.165) is 11.3 Å². The van der Waals surface area contributed by atoms with E-state index in [1.807, 2.05) is 24.3 Å². The van der Waals surface area contributed by atoms with Gasteiger partial charge >= 0.3 is 0 Å². The summed E-state index contributed by atoms with van der Waals surface area (Å²) >= 11 is 0. The van der Waals surface area contributed by atoms with Gasteiger partial charge in [-0.3, -0.25) is 4.79 Å². The molecule has 0 saturated carbocycles. The molecule has 1 fully saturated rings. The number of hydrogen-bond donors (Lipinski definition) is 0. The average molecular weight is 367 g/mol. The van der Waals surface area contributed by atoms with Gasteiger partial charge in [-0.2, -0.15) is 4.98 Å². The molecule has 3 aromatic rings. The normalized spacial score (nSPS) is 16.7. The Morgan fingerprint density at radius 3 is 2.78 bits per heavy atom. The SMILES string of the molecule is COc1ccccc1CN1CC(c2nc(-c3ccc(F)cc3)no2)CC1=O. The number of rotatable bonds is 5. The Morgan fingerprint density at radius 1 is 1.22 bits per heavy atom. The van der Waals surface area contributed by atoms with Crippen molar-refractivity contribution in [2.45, 2.75) is 18.9 Å². The summed E-state index contributed by atoms with van der Waals surface area (Å²) in [5.41, 5.74) is 1.62. The van der Waals surface area contributed by atoms with Crippen LogP contribution in [0.15, 0.2) is 53.1 Å². The maximum Gasteiger partial charge on any atom is 0.232 e. The summed E-state index contributed by atoms with van der Waals surface area (Å²) in [6.45, 7) is 0.972. The minimum atomic E-state index is -0.323. The second-order valence-corrected chi connectivity index (χ2v) is 6.45. The van der Waals surface area contributed by atoms with Crippen LogP contribution >= 0.6 is 0 Å². The van der Waals surface area contributed by atoms with Crippen LogP contribution in [0.3, 0.4) is 0 Å². The zero-order valence-corrected chi connectivity index (χ0v) is 14.8. The van der Waals surface area contributed by atoms with Gasteiger partial charge < -0.3 is 14.2 Å². The van der Waals surface area contributed by atoms with Gasteiger partial charge in [-0.15, -0.1) is 0 Å². The Hall–Kier alpha value is -3.22. The van der Waals surface area contributed by atoms with Gasteiger partial charge in [0.15, 0.2) is 0 Å². The van der Waals surface area contributed by atoms with Gasteiger partial charge in [0.05, 0.1) is 13.0 Å². The van der Waals surface area contributed by atoms with Crippen molar-refractivity contribution in [2.24, 2.45) is 0 Å². The largest absolute Gasteiger partial charge is 0.496 e. The van der Waals surface area contributed by atoms with Gasteiger partial charge in [-0.05, 0) is 30.3 Å². The highest BCUT2D eigenvalue weighted by atomic mass is 19.1. The number of halogens is 1. The van der Waals surface area contributed by atoms with Crippen LogP contribution < -0.4 is 4.74 Å². The molecule has 1 atom stereocenters. The molecule has 1 aromatic heterocycles. The highest BCUT2D eigenvalue weighted by molar-refractivity contribution is 5.79. The number of carbonyl (C=O) groups is 1. The van der Waals surface area contributed by atoms with Crippen LogP contribution in [0, 0.1) is 5.82 Å². The van der Waals surface area contributed by atoms with Gasteiger partial charge in [0.1, 0.15) is 11.6 Å². The third-order valence-electron chi connectivity index (χ3n) is 4.66. The Balaban J connectivity index is 1.48. The van der Waals surface area contributed by atoms with Crippen molar-refractivity contribution in [3.63, 3.8) is 0 Å². The quantitative estimate of drug-likeness (QED) is 0.691. The van der Waals surface area contributed by atoms with Crippen molar-refractivity contribution in [3.05, 3.63) is 65.8 Å². The predicted octanol–water partition coefficient (Wildman–Crippen LogP) is 3.40. The van der Waals surface area contributed by atoms with Crippen molar-refractivity contribution in [2.75, 3.05) is 13.7 Å². The molecule has 138 valence electrons. The second-order valence-electron chi connectivity index (χ2n) is 6.45. The molecule has 1 amide bonds. The molecule has 1 unspecified atom stereocenters. The van der Waals surface area contributed by atoms with Gasteiger partial charge in [0.2, 0.25) is 17.6 Å². The molecule has 0 N–H and O–H groups in total. The monoisotopic (exact) mass is 367 g/mol. The van der Waals surface area contributed by atoms with E-state index >= 15 is 0 Å². The van der Waals surface area contributed by atoms with Gasteiger partial charge in [-0.1, -0.05) is 23.4 Å². The van der Waals surface area contributed by atoms with Gasteiger partial charge in [0.25, 0.3) is 0 Å². The molecule has 0 radical (unpaired) electrons. The maximum absolute atomic E-state index is 13.1. The molecule has 6 nitrogen and oxygen atoms in total. The van der Waals surface area contributed by atoms with Crippen LogP contribution in [0.4, 0.5) is 4.39 Å². The Bertz CT molecular complexity index is 955. The van der Waals surface area contributed by atoms with E-state index in [1.165, 1.54) is 12.1 Å². The summed E-state index contributed by atoms with van der Waals surface area (Å²) < 4.78 is 23.8. The van der Waals surface area contributed by atoms with Gasteiger partial charge in [-0.25, -0.2) is 4.39 Å². The first-order valence-electron chi connectivity index (χ1n) is 8.63. The van der Waals surface area contributed by atoms with E-state index in [2.05, 4.69) is 10.1 Å². The molecular weight excluding hydrogens is 349 g/mol. The summed E-state index contributed by atoms with van der Waals surface area (Å²) in [6.07, 6.45) is 0.320. The zero-order valence-electron chi connectivity index (χ0n) is 14.8. The summed E-state index contributed by atoms with van der Waals surface area (Å²) in [7, 11) is 1.61. The molecular formula is C20H18FN3O3. The third kappa shape index (κ3) is 3.53. The van der Waals surface area contributed by atoms with E-state index in [0.29, 0.717) is 36.8 Å². The lowest BCUT2D eigenvalue weighted by molar-refractivity contribution is -0.128. The predicted molar refractivity (Wildman–Crippen MR) is 95.5 cm³/mol. The molecule has 4 rings (SSSR count). The Morgan fingerprint density at radius 2 is 2.00 bits per heavy atom.